The number of nitriles is 1. The van der Waals surface area contributed by atoms with E-state index in [1.54, 1.807) is 24.0 Å². The van der Waals surface area contributed by atoms with Gasteiger partial charge in [0.05, 0.1) is 11.8 Å². The van der Waals surface area contributed by atoms with E-state index in [1.807, 2.05) is 7.05 Å². The van der Waals surface area contributed by atoms with Crippen LogP contribution in [-0.4, -0.2) is 21.8 Å². The van der Waals surface area contributed by atoms with Crippen molar-refractivity contribution in [2.75, 3.05) is 12.4 Å². The SMILES string of the molecule is CCC.CNc1nc2c(cnn2C)cc1C#N.[HH]. The number of nitrogens with zero attached hydrogens (tertiary/aromatic N) is 4. The molecule has 0 radical (unpaired) electrons. The van der Waals surface area contributed by atoms with Crippen LogP contribution in [0.5, 0.6) is 0 Å². The summed E-state index contributed by atoms with van der Waals surface area (Å²) in [7, 11) is 3.56. The van der Waals surface area contributed by atoms with Crippen LogP contribution in [0.3, 0.4) is 0 Å². The van der Waals surface area contributed by atoms with Crippen LogP contribution in [0.1, 0.15) is 27.3 Å². The number of anilines is 1. The third-order valence-electron chi connectivity index (χ3n) is 2.06. The molecule has 0 aliphatic heterocycles. The van der Waals surface area contributed by atoms with Crippen LogP contribution < -0.4 is 5.32 Å². The van der Waals surface area contributed by atoms with Crippen molar-refractivity contribution >= 4 is 16.9 Å². The second-order valence-electron chi connectivity index (χ2n) is 3.63. The molecule has 2 rings (SSSR count). The van der Waals surface area contributed by atoms with Gasteiger partial charge in [-0.15, -0.1) is 0 Å². The maximum Gasteiger partial charge on any atom is 0.159 e. The van der Waals surface area contributed by atoms with Crippen molar-refractivity contribution in [3.05, 3.63) is 17.8 Å². The van der Waals surface area contributed by atoms with Crippen LogP contribution >= 0.6 is 0 Å². The smallest absolute Gasteiger partial charge is 0.159 e. The fourth-order valence-electron chi connectivity index (χ4n) is 1.35. The summed E-state index contributed by atoms with van der Waals surface area (Å²) in [6.07, 6.45) is 2.95. The highest BCUT2D eigenvalue weighted by atomic mass is 15.3. The van der Waals surface area contributed by atoms with Crippen molar-refractivity contribution in [2.24, 2.45) is 7.05 Å². The fourth-order valence-corrected chi connectivity index (χ4v) is 1.35. The van der Waals surface area contributed by atoms with Gasteiger partial charge in [0, 0.05) is 20.9 Å². The van der Waals surface area contributed by atoms with E-state index >= 15 is 0 Å². The lowest BCUT2D eigenvalue weighted by Crippen LogP contribution is -1.99. The van der Waals surface area contributed by atoms with Crippen LogP contribution in [0.15, 0.2) is 12.3 Å². The van der Waals surface area contributed by atoms with Crippen LogP contribution in [0, 0.1) is 11.3 Å². The molecule has 2 heterocycles. The van der Waals surface area contributed by atoms with E-state index in [9.17, 15) is 0 Å². The van der Waals surface area contributed by atoms with Gasteiger partial charge in [0.1, 0.15) is 11.9 Å². The standard InChI is InChI=1S/C9H9N5.C3H8.H2/c1-11-8-6(4-10)3-7-5-12-14(2)9(7)13-8;1-3-2;/h3,5H,1-2H3,(H,11,13);3H2,1-2H3;1H. The number of rotatable bonds is 1. The molecule has 17 heavy (non-hydrogen) atoms. The quantitative estimate of drug-likeness (QED) is 0.822. The zero-order valence-corrected chi connectivity index (χ0v) is 10.7. The first-order chi connectivity index (χ1) is 8.17. The van der Waals surface area contributed by atoms with Gasteiger partial charge in [-0.2, -0.15) is 10.4 Å². The molecule has 0 atom stereocenters. The van der Waals surface area contributed by atoms with E-state index in [1.165, 1.54) is 6.42 Å². The molecule has 0 bridgehead atoms. The van der Waals surface area contributed by atoms with Gasteiger partial charge in [0.2, 0.25) is 0 Å². The zero-order valence-electron chi connectivity index (χ0n) is 10.7. The van der Waals surface area contributed by atoms with Crippen molar-refractivity contribution in [2.45, 2.75) is 20.3 Å². The van der Waals surface area contributed by atoms with Crippen molar-refractivity contribution in [3.63, 3.8) is 0 Å². The minimum atomic E-state index is 0. The predicted octanol–water partition coefficient (Wildman–Crippen LogP) is 2.54. The third-order valence-corrected chi connectivity index (χ3v) is 2.06. The molecule has 0 amide bonds. The number of hydrogen-bond acceptors (Lipinski definition) is 4. The summed E-state index contributed by atoms with van der Waals surface area (Å²) in [5, 5.41) is 16.7. The molecule has 2 aromatic rings. The lowest BCUT2D eigenvalue weighted by atomic mass is 10.2. The van der Waals surface area contributed by atoms with Crippen LogP contribution in [0.2, 0.25) is 0 Å². The molecule has 0 aliphatic carbocycles. The van der Waals surface area contributed by atoms with E-state index in [0.717, 1.165) is 11.0 Å². The predicted molar refractivity (Wildman–Crippen MR) is 70.8 cm³/mol. The number of aryl methyl sites for hydroxylation is 1. The first-order valence-electron chi connectivity index (χ1n) is 5.58. The van der Waals surface area contributed by atoms with Gasteiger partial charge in [0.15, 0.2) is 5.65 Å². The fraction of sp³-hybridized carbons (Fsp3) is 0.417. The first-order valence-corrected chi connectivity index (χ1v) is 5.58. The number of aromatic nitrogens is 3. The number of pyridine rings is 1. The maximum atomic E-state index is 8.86. The summed E-state index contributed by atoms with van der Waals surface area (Å²) in [6, 6.07) is 3.86. The Kier molecular flexibility index (Phi) is 4.46. The Morgan fingerprint density at radius 3 is 2.71 bits per heavy atom. The molecule has 1 N–H and O–H groups in total. The zero-order chi connectivity index (χ0) is 12.8. The second kappa shape index (κ2) is 5.85. The van der Waals surface area contributed by atoms with Crippen molar-refractivity contribution in [1.82, 2.24) is 14.8 Å². The van der Waals surface area contributed by atoms with E-state index in [2.05, 4.69) is 35.3 Å². The largest absolute Gasteiger partial charge is 0.372 e. The number of fused-ring (bicyclic) bond motifs is 1. The van der Waals surface area contributed by atoms with Crippen LogP contribution in [0.25, 0.3) is 11.0 Å². The summed E-state index contributed by atoms with van der Waals surface area (Å²) < 4.78 is 1.68. The molecule has 0 unspecified atom stereocenters. The normalized spacial score (nSPS) is 9.35. The average molecular weight is 233 g/mol. The third kappa shape index (κ3) is 2.72. The van der Waals surface area contributed by atoms with E-state index in [-0.39, 0.29) is 1.43 Å². The van der Waals surface area contributed by atoms with Crippen molar-refractivity contribution in [3.8, 4) is 6.07 Å². The van der Waals surface area contributed by atoms with Gasteiger partial charge >= 0.3 is 0 Å². The van der Waals surface area contributed by atoms with Gasteiger partial charge in [-0.1, -0.05) is 20.3 Å². The lowest BCUT2D eigenvalue weighted by Gasteiger charge is -2.02. The Labute approximate surface area is 103 Å². The van der Waals surface area contributed by atoms with Crippen molar-refractivity contribution in [1.29, 1.82) is 5.26 Å². The van der Waals surface area contributed by atoms with Gasteiger partial charge in [-0.05, 0) is 6.07 Å². The Morgan fingerprint density at radius 2 is 2.18 bits per heavy atom. The van der Waals surface area contributed by atoms with E-state index < -0.39 is 0 Å². The second-order valence-corrected chi connectivity index (χ2v) is 3.63. The highest BCUT2D eigenvalue weighted by Crippen LogP contribution is 2.18. The highest BCUT2D eigenvalue weighted by molar-refractivity contribution is 5.79. The molecule has 0 saturated heterocycles. The topological polar surface area (TPSA) is 66.5 Å². The maximum absolute atomic E-state index is 8.86. The lowest BCUT2D eigenvalue weighted by molar-refractivity contribution is 0.786. The van der Waals surface area contributed by atoms with Gasteiger partial charge < -0.3 is 5.32 Å². The van der Waals surface area contributed by atoms with Gasteiger partial charge in [-0.25, -0.2) is 4.98 Å². The van der Waals surface area contributed by atoms with Crippen LogP contribution in [0.4, 0.5) is 5.82 Å². The summed E-state index contributed by atoms with van der Waals surface area (Å²) in [4.78, 5) is 4.29. The monoisotopic (exact) mass is 233 g/mol. The Bertz CT molecular complexity index is 541. The first kappa shape index (κ1) is 13.0. The van der Waals surface area contributed by atoms with Gasteiger partial charge in [-0.3, -0.25) is 4.68 Å². The molecule has 0 fully saturated rings. The molecule has 2 aromatic heterocycles. The molecular formula is C12H19N5. The number of hydrogen-bond donors (Lipinski definition) is 1. The molecule has 0 aliphatic rings. The summed E-state index contributed by atoms with van der Waals surface area (Å²) in [5.41, 5.74) is 1.31. The summed E-state index contributed by atoms with van der Waals surface area (Å²) >= 11 is 0. The van der Waals surface area contributed by atoms with Crippen molar-refractivity contribution < 1.29 is 1.43 Å². The molecular weight excluding hydrogens is 214 g/mol. The molecule has 5 nitrogen and oxygen atoms in total. The van der Waals surface area contributed by atoms with Gasteiger partial charge in [0.25, 0.3) is 0 Å². The van der Waals surface area contributed by atoms with E-state index in [4.69, 9.17) is 5.26 Å². The Morgan fingerprint density at radius 1 is 1.53 bits per heavy atom. The minimum absolute atomic E-state index is 0. The molecule has 0 spiro atoms. The molecule has 0 saturated carbocycles. The number of nitrogens with one attached hydrogen (secondary N) is 1. The minimum Gasteiger partial charge on any atom is -0.372 e. The Balaban J connectivity index is 0.000000660. The van der Waals surface area contributed by atoms with E-state index in [0.29, 0.717) is 11.4 Å². The molecule has 0 aromatic carbocycles. The summed E-state index contributed by atoms with van der Waals surface area (Å²) in [6.45, 7) is 4.25. The Hall–Kier alpha value is -2.09. The molecule has 5 heteroatoms. The van der Waals surface area contributed by atoms with Crippen LogP contribution in [-0.2, 0) is 7.05 Å². The highest BCUT2D eigenvalue weighted by Gasteiger charge is 2.07. The molecule has 92 valence electrons. The summed E-state index contributed by atoms with van der Waals surface area (Å²) in [5.74, 6) is 0.587. The average Bonchev–Trinajstić information content (AvgIpc) is 2.70.